The zero-order valence-electron chi connectivity index (χ0n) is 9.71. The van der Waals surface area contributed by atoms with Gasteiger partial charge in [0.2, 0.25) is 0 Å². The highest BCUT2D eigenvalue weighted by atomic mass is 16.1. The third-order valence-corrected chi connectivity index (χ3v) is 2.30. The van der Waals surface area contributed by atoms with Crippen LogP contribution in [0.25, 0.3) is 0 Å². The van der Waals surface area contributed by atoms with Crippen molar-refractivity contribution in [2.24, 2.45) is 0 Å². The van der Waals surface area contributed by atoms with Crippen molar-refractivity contribution in [2.45, 2.75) is 6.92 Å². The molecule has 0 atom stereocenters. The summed E-state index contributed by atoms with van der Waals surface area (Å²) in [4.78, 5) is 11.8. The van der Waals surface area contributed by atoms with E-state index in [1.54, 1.807) is 43.3 Å². The highest BCUT2D eigenvalue weighted by Gasteiger charge is 2.07. The van der Waals surface area contributed by atoms with Crippen LogP contribution < -0.4 is 5.32 Å². The molecule has 0 fully saturated rings. The van der Waals surface area contributed by atoms with Crippen molar-refractivity contribution in [1.82, 2.24) is 10.2 Å². The number of amides is 1. The molecule has 0 spiro atoms. The molecule has 5 nitrogen and oxygen atoms in total. The fourth-order valence-electron chi connectivity index (χ4n) is 1.34. The smallest absolute Gasteiger partial charge is 0.276 e. The van der Waals surface area contributed by atoms with Crippen LogP contribution in [0.15, 0.2) is 36.4 Å². The normalized spacial score (nSPS) is 9.56. The van der Waals surface area contributed by atoms with E-state index in [1.807, 2.05) is 6.07 Å². The Labute approximate surface area is 104 Å². The third-order valence-electron chi connectivity index (χ3n) is 2.30. The molecule has 1 N–H and O–H groups in total. The number of carbonyl (C=O) groups is 1. The zero-order chi connectivity index (χ0) is 13.0. The molecule has 0 aliphatic rings. The molecule has 0 unspecified atom stereocenters. The van der Waals surface area contributed by atoms with E-state index in [0.717, 1.165) is 5.69 Å². The predicted octanol–water partition coefficient (Wildman–Crippen LogP) is 1.91. The molecule has 2 rings (SSSR count). The Balaban J connectivity index is 2.11. The van der Waals surface area contributed by atoms with Crippen molar-refractivity contribution < 1.29 is 4.79 Å². The van der Waals surface area contributed by atoms with Crippen molar-refractivity contribution in [3.63, 3.8) is 0 Å². The first kappa shape index (κ1) is 11.7. The largest absolute Gasteiger partial charge is 0.321 e. The second-order valence-corrected chi connectivity index (χ2v) is 3.70. The minimum absolute atomic E-state index is 0.255. The molecular formula is C13H10N4O. The fraction of sp³-hybridized carbons (Fsp3) is 0.0769. The molecule has 1 aromatic heterocycles. The molecule has 0 aliphatic carbocycles. The maximum absolute atomic E-state index is 11.8. The van der Waals surface area contributed by atoms with Gasteiger partial charge in [-0.2, -0.15) is 10.4 Å². The van der Waals surface area contributed by atoms with E-state index in [9.17, 15) is 4.79 Å². The Kier molecular flexibility index (Phi) is 3.30. The molecule has 0 bridgehead atoms. The van der Waals surface area contributed by atoms with Crippen molar-refractivity contribution >= 4 is 11.6 Å². The van der Waals surface area contributed by atoms with Gasteiger partial charge >= 0.3 is 0 Å². The number of hydrogen-bond acceptors (Lipinski definition) is 4. The van der Waals surface area contributed by atoms with Gasteiger partial charge in [0.1, 0.15) is 0 Å². The maximum atomic E-state index is 11.8. The minimum atomic E-state index is -0.327. The van der Waals surface area contributed by atoms with Crippen LogP contribution in [0.3, 0.4) is 0 Å². The van der Waals surface area contributed by atoms with Crippen molar-refractivity contribution in [2.75, 3.05) is 5.32 Å². The minimum Gasteiger partial charge on any atom is -0.321 e. The Morgan fingerprint density at radius 1 is 1.17 bits per heavy atom. The summed E-state index contributed by atoms with van der Waals surface area (Å²) in [6.45, 7) is 1.80. The van der Waals surface area contributed by atoms with Gasteiger partial charge in [-0.15, -0.1) is 5.10 Å². The Bertz CT molecular complexity index is 596. The first-order valence-electron chi connectivity index (χ1n) is 5.31. The number of nitriles is 1. The molecule has 0 radical (unpaired) electrons. The number of rotatable bonds is 2. The van der Waals surface area contributed by atoms with Crippen LogP contribution in [0, 0.1) is 18.3 Å². The van der Waals surface area contributed by atoms with Gasteiger partial charge in [0, 0.05) is 5.69 Å². The molecule has 2 aromatic rings. The molecule has 0 saturated heterocycles. The quantitative estimate of drug-likeness (QED) is 0.866. The highest BCUT2D eigenvalue weighted by molar-refractivity contribution is 6.02. The monoisotopic (exact) mass is 238 g/mol. The van der Waals surface area contributed by atoms with E-state index >= 15 is 0 Å². The lowest BCUT2D eigenvalue weighted by atomic mass is 10.2. The molecule has 88 valence electrons. The van der Waals surface area contributed by atoms with Gasteiger partial charge in [0.15, 0.2) is 5.69 Å². The number of benzene rings is 1. The van der Waals surface area contributed by atoms with Gasteiger partial charge in [0.25, 0.3) is 5.91 Å². The van der Waals surface area contributed by atoms with Crippen LogP contribution in [0.5, 0.6) is 0 Å². The van der Waals surface area contributed by atoms with Gasteiger partial charge in [-0.1, -0.05) is 0 Å². The first-order chi connectivity index (χ1) is 8.69. The Morgan fingerprint density at radius 3 is 2.44 bits per heavy atom. The van der Waals surface area contributed by atoms with Gasteiger partial charge < -0.3 is 5.32 Å². The lowest BCUT2D eigenvalue weighted by Gasteiger charge is -2.04. The summed E-state index contributed by atoms with van der Waals surface area (Å²) < 4.78 is 0. The number of carbonyl (C=O) groups excluding carboxylic acids is 1. The number of nitrogens with one attached hydrogen (secondary N) is 1. The topological polar surface area (TPSA) is 78.7 Å². The molecule has 1 aromatic carbocycles. The summed E-state index contributed by atoms with van der Waals surface area (Å²) in [6, 6.07) is 11.9. The van der Waals surface area contributed by atoms with Gasteiger partial charge in [-0.3, -0.25) is 4.79 Å². The lowest BCUT2D eigenvalue weighted by molar-refractivity contribution is 0.102. The summed E-state index contributed by atoms with van der Waals surface area (Å²) in [7, 11) is 0. The van der Waals surface area contributed by atoms with E-state index in [1.165, 1.54) is 0 Å². The van der Waals surface area contributed by atoms with Crippen molar-refractivity contribution in [3.8, 4) is 6.07 Å². The lowest BCUT2D eigenvalue weighted by Crippen LogP contribution is -2.14. The van der Waals surface area contributed by atoms with Crippen molar-refractivity contribution in [3.05, 3.63) is 53.3 Å². The second kappa shape index (κ2) is 5.06. The number of aryl methyl sites for hydroxylation is 1. The Hall–Kier alpha value is -2.74. The van der Waals surface area contributed by atoms with Crippen LogP contribution in [0.1, 0.15) is 21.7 Å². The van der Waals surface area contributed by atoms with E-state index in [2.05, 4.69) is 15.5 Å². The number of nitrogens with zero attached hydrogens (tertiary/aromatic N) is 3. The highest BCUT2D eigenvalue weighted by Crippen LogP contribution is 2.10. The number of hydrogen-bond donors (Lipinski definition) is 1. The molecular weight excluding hydrogens is 228 g/mol. The van der Waals surface area contributed by atoms with E-state index in [0.29, 0.717) is 11.3 Å². The Morgan fingerprint density at radius 2 is 1.89 bits per heavy atom. The SMILES string of the molecule is Cc1ccc(C(=O)Nc2ccc(C#N)cc2)nn1. The molecule has 1 amide bonds. The van der Waals surface area contributed by atoms with E-state index < -0.39 is 0 Å². The average Bonchev–Trinajstić information content (AvgIpc) is 2.40. The average molecular weight is 238 g/mol. The summed E-state index contributed by atoms with van der Waals surface area (Å²) in [5, 5.41) is 18.9. The second-order valence-electron chi connectivity index (χ2n) is 3.70. The van der Waals surface area contributed by atoms with Crippen LogP contribution >= 0.6 is 0 Å². The molecule has 18 heavy (non-hydrogen) atoms. The molecule has 0 aliphatic heterocycles. The van der Waals surface area contributed by atoms with Crippen LogP contribution in [0.4, 0.5) is 5.69 Å². The van der Waals surface area contributed by atoms with Gasteiger partial charge in [0.05, 0.1) is 17.3 Å². The number of aromatic nitrogens is 2. The predicted molar refractivity (Wildman–Crippen MR) is 65.9 cm³/mol. The molecule has 0 saturated carbocycles. The first-order valence-corrected chi connectivity index (χ1v) is 5.31. The molecule has 1 heterocycles. The summed E-state index contributed by atoms with van der Waals surface area (Å²) in [5.41, 5.74) is 2.17. The fourth-order valence-corrected chi connectivity index (χ4v) is 1.34. The van der Waals surface area contributed by atoms with E-state index in [4.69, 9.17) is 5.26 Å². The standard InChI is InChI=1S/C13H10N4O/c1-9-2-7-12(17-16-9)13(18)15-11-5-3-10(8-14)4-6-11/h2-7H,1H3,(H,15,18). The van der Waals surface area contributed by atoms with Crippen LogP contribution in [-0.2, 0) is 0 Å². The summed E-state index contributed by atoms with van der Waals surface area (Å²) in [5.74, 6) is -0.327. The summed E-state index contributed by atoms with van der Waals surface area (Å²) >= 11 is 0. The maximum Gasteiger partial charge on any atom is 0.276 e. The third kappa shape index (κ3) is 2.68. The zero-order valence-corrected chi connectivity index (χ0v) is 9.71. The van der Waals surface area contributed by atoms with Crippen LogP contribution in [0.2, 0.25) is 0 Å². The van der Waals surface area contributed by atoms with Crippen LogP contribution in [-0.4, -0.2) is 16.1 Å². The number of anilines is 1. The molecule has 5 heteroatoms. The van der Waals surface area contributed by atoms with E-state index in [-0.39, 0.29) is 11.6 Å². The van der Waals surface area contributed by atoms with Gasteiger partial charge in [-0.05, 0) is 43.3 Å². The van der Waals surface area contributed by atoms with Crippen molar-refractivity contribution in [1.29, 1.82) is 5.26 Å². The summed E-state index contributed by atoms with van der Waals surface area (Å²) in [6.07, 6.45) is 0. The van der Waals surface area contributed by atoms with Gasteiger partial charge in [-0.25, -0.2) is 0 Å².